The molecule has 7 heteroatoms. The Hall–Kier alpha value is -1.76. The molecule has 0 aromatic heterocycles. The first-order chi connectivity index (χ1) is 11.7. The maximum Gasteiger partial charge on any atom is 0.420 e. The molecule has 0 aliphatic heterocycles. The Kier molecular flexibility index (Phi) is 5.98. The molecule has 1 aromatic carbocycles. The van der Waals surface area contributed by atoms with Crippen molar-refractivity contribution in [3.05, 3.63) is 23.8 Å². The van der Waals surface area contributed by atoms with Gasteiger partial charge in [0.2, 0.25) is 0 Å². The van der Waals surface area contributed by atoms with Crippen molar-refractivity contribution in [1.82, 2.24) is 0 Å². The molecule has 2 unspecified atom stereocenters. The Morgan fingerprint density at radius 1 is 1.40 bits per heavy atom. The SMILES string of the molecule is CCOc1ccc(NC(=O)C2(OC)CCCC(C)C2)cc1C(F)(F)F. The maximum absolute atomic E-state index is 13.2. The van der Waals surface area contributed by atoms with Crippen molar-refractivity contribution < 1.29 is 27.4 Å². The number of hydrogen-bond acceptors (Lipinski definition) is 3. The normalized spacial score (nSPS) is 24.0. The van der Waals surface area contributed by atoms with Crippen LogP contribution in [-0.4, -0.2) is 25.2 Å². The molecule has 1 aliphatic carbocycles. The molecule has 0 radical (unpaired) electrons. The lowest BCUT2D eigenvalue weighted by molar-refractivity contribution is -0.143. The largest absolute Gasteiger partial charge is 0.493 e. The lowest BCUT2D eigenvalue weighted by atomic mass is 9.78. The third kappa shape index (κ3) is 4.45. The molecule has 0 heterocycles. The molecule has 0 spiro atoms. The van der Waals surface area contributed by atoms with Gasteiger partial charge in [0.05, 0.1) is 12.2 Å². The predicted molar refractivity (Wildman–Crippen MR) is 88.6 cm³/mol. The van der Waals surface area contributed by atoms with E-state index in [4.69, 9.17) is 9.47 Å². The number of carbonyl (C=O) groups excluding carboxylic acids is 1. The highest BCUT2D eigenvalue weighted by Gasteiger charge is 2.42. The van der Waals surface area contributed by atoms with Crippen molar-refractivity contribution in [3.63, 3.8) is 0 Å². The zero-order valence-corrected chi connectivity index (χ0v) is 14.7. The summed E-state index contributed by atoms with van der Waals surface area (Å²) in [4.78, 5) is 12.7. The van der Waals surface area contributed by atoms with E-state index in [-0.39, 0.29) is 18.0 Å². The molecule has 0 saturated heterocycles. The van der Waals surface area contributed by atoms with Gasteiger partial charge in [-0.2, -0.15) is 13.2 Å². The smallest absolute Gasteiger partial charge is 0.420 e. The van der Waals surface area contributed by atoms with Gasteiger partial charge in [-0.05, 0) is 50.3 Å². The second-order valence-electron chi connectivity index (χ2n) is 6.50. The number of benzene rings is 1. The molecule has 1 N–H and O–H groups in total. The van der Waals surface area contributed by atoms with Crippen LogP contribution >= 0.6 is 0 Å². The van der Waals surface area contributed by atoms with Crippen molar-refractivity contribution in [1.29, 1.82) is 0 Å². The van der Waals surface area contributed by atoms with E-state index in [2.05, 4.69) is 5.32 Å². The summed E-state index contributed by atoms with van der Waals surface area (Å²) in [7, 11) is 1.47. The van der Waals surface area contributed by atoms with Crippen LogP contribution in [0, 0.1) is 5.92 Å². The summed E-state index contributed by atoms with van der Waals surface area (Å²) in [6.45, 7) is 3.78. The monoisotopic (exact) mass is 359 g/mol. The molecule has 140 valence electrons. The lowest BCUT2D eigenvalue weighted by Gasteiger charge is -2.37. The van der Waals surface area contributed by atoms with E-state index in [0.29, 0.717) is 18.8 Å². The Bertz CT molecular complexity index is 618. The quantitative estimate of drug-likeness (QED) is 0.833. The maximum atomic E-state index is 13.2. The summed E-state index contributed by atoms with van der Waals surface area (Å²) in [6.07, 6.45) is -1.59. The zero-order chi connectivity index (χ0) is 18.7. The lowest BCUT2D eigenvalue weighted by Crippen LogP contribution is -2.47. The predicted octanol–water partition coefficient (Wildman–Crippen LogP) is 4.64. The fraction of sp³-hybridized carbons (Fsp3) is 0.611. The molecule has 1 fully saturated rings. The fourth-order valence-corrected chi connectivity index (χ4v) is 3.34. The van der Waals surface area contributed by atoms with Gasteiger partial charge in [-0.1, -0.05) is 13.3 Å². The molecule has 2 rings (SSSR count). The van der Waals surface area contributed by atoms with Crippen LogP contribution in [-0.2, 0) is 15.7 Å². The number of carbonyl (C=O) groups is 1. The van der Waals surface area contributed by atoms with Crippen LogP contribution in [0.1, 0.15) is 45.1 Å². The van der Waals surface area contributed by atoms with E-state index >= 15 is 0 Å². The van der Waals surface area contributed by atoms with Crippen LogP contribution in [0.5, 0.6) is 5.75 Å². The molecule has 1 amide bonds. The number of alkyl halides is 3. The summed E-state index contributed by atoms with van der Waals surface area (Å²) in [5.74, 6) is -0.329. The van der Waals surface area contributed by atoms with Crippen molar-refractivity contribution in [2.45, 2.75) is 51.3 Å². The number of methoxy groups -OCH3 is 1. The number of hydrogen-bond donors (Lipinski definition) is 1. The first-order valence-corrected chi connectivity index (χ1v) is 8.42. The number of anilines is 1. The molecule has 4 nitrogen and oxygen atoms in total. The summed E-state index contributed by atoms with van der Waals surface area (Å²) in [6, 6.07) is 3.54. The first kappa shape index (κ1) is 19.6. The van der Waals surface area contributed by atoms with Gasteiger partial charge in [0.1, 0.15) is 11.4 Å². The number of ether oxygens (including phenoxy) is 2. The minimum absolute atomic E-state index is 0.0791. The Balaban J connectivity index is 2.25. The Morgan fingerprint density at radius 3 is 2.68 bits per heavy atom. The minimum atomic E-state index is -4.57. The van der Waals surface area contributed by atoms with E-state index in [9.17, 15) is 18.0 Å². The third-order valence-corrected chi connectivity index (χ3v) is 4.60. The van der Waals surface area contributed by atoms with Crippen LogP contribution in [0.25, 0.3) is 0 Å². The number of rotatable bonds is 5. The summed E-state index contributed by atoms with van der Waals surface area (Å²) < 4.78 is 50.2. The highest BCUT2D eigenvalue weighted by molar-refractivity contribution is 5.97. The van der Waals surface area contributed by atoms with Crippen LogP contribution in [0.3, 0.4) is 0 Å². The average molecular weight is 359 g/mol. The van der Waals surface area contributed by atoms with E-state index in [1.807, 2.05) is 6.92 Å². The molecular weight excluding hydrogens is 335 g/mol. The summed E-state index contributed by atoms with van der Waals surface area (Å²) >= 11 is 0. The summed E-state index contributed by atoms with van der Waals surface area (Å²) in [5.41, 5.74) is -1.82. The number of nitrogens with one attached hydrogen (secondary N) is 1. The highest BCUT2D eigenvalue weighted by Crippen LogP contribution is 2.39. The number of amides is 1. The zero-order valence-electron chi connectivity index (χ0n) is 14.7. The van der Waals surface area contributed by atoms with Gasteiger partial charge in [-0.15, -0.1) is 0 Å². The highest BCUT2D eigenvalue weighted by atomic mass is 19.4. The van der Waals surface area contributed by atoms with Crippen LogP contribution in [0.15, 0.2) is 18.2 Å². The van der Waals surface area contributed by atoms with E-state index in [1.165, 1.54) is 19.2 Å². The molecule has 1 saturated carbocycles. The van der Waals surface area contributed by atoms with E-state index in [0.717, 1.165) is 18.9 Å². The molecular formula is C18H24F3NO3. The fourth-order valence-electron chi connectivity index (χ4n) is 3.34. The van der Waals surface area contributed by atoms with Crippen LogP contribution in [0.4, 0.5) is 18.9 Å². The van der Waals surface area contributed by atoms with Gasteiger partial charge in [-0.3, -0.25) is 4.79 Å². The van der Waals surface area contributed by atoms with Crippen LogP contribution < -0.4 is 10.1 Å². The number of halogens is 3. The van der Waals surface area contributed by atoms with Gasteiger partial charge >= 0.3 is 6.18 Å². The van der Waals surface area contributed by atoms with Gasteiger partial charge in [0.15, 0.2) is 0 Å². The van der Waals surface area contributed by atoms with Gasteiger partial charge in [-0.25, -0.2) is 0 Å². The topological polar surface area (TPSA) is 47.6 Å². The van der Waals surface area contributed by atoms with Crippen molar-refractivity contribution in [3.8, 4) is 5.75 Å². The van der Waals surface area contributed by atoms with Gasteiger partial charge in [0.25, 0.3) is 5.91 Å². The molecule has 1 aliphatic rings. The van der Waals surface area contributed by atoms with Gasteiger partial charge in [0, 0.05) is 12.8 Å². The third-order valence-electron chi connectivity index (χ3n) is 4.60. The molecule has 2 atom stereocenters. The van der Waals surface area contributed by atoms with Crippen molar-refractivity contribution in [2.24, 2.45) is 5.92 Å². The van der Waals surface area contributed by atoms with Crippen LogP contribution in [0.2, 0.25) is 0 Å². The summed E-state index contributed by atoms with van der Waals surface area (Å²) in [5, 5.41) is 2.59. The minimum Gasteiger partial charge on any atom is -0.493 e. The van der Waals surface area contributed by atoms with Crippen molar-refractivity contribution >= 4 is 11.6 Å². The van der Waals surface area contributed by atoms with Gasteiger partial charge < -0.3 is 14.8 Å². The van der Waals surface area contributed by atoms with E-state index < -0.39 is 23.2 Å². The second-order valence-corrected chi connectivity index (χ2v) is 6.50. The molecule has 0 bridgehead atoms. The standard InChI is InChI=1S/C18H24F3NO3/c1-4-25-15-8-7-13(10-14(15)18(19,20)21)22-16(23)17(24-3)9-5-6-12(2)11-17/h7-8,10,12H,4-6,9,11H2,1-3H3,(H,22,23). The molecule has 25 heavy (non-hydrogen) atoms. The Morgan fingerprint density at radius 2 is 2.12 bits per heavy atom. The van der Waals surface area contributed by atoms with E-state index in [1.54, 1.807) is 6.92 Å². The molecule has 1 aromatic rings. The Labute approximate surface area is 145 Å². The first-order valence-electron chi connectivity index (χ1n) is 8.42. The van der Waals surface area contributed by atoms with Crippen molar-refractivity contribution in [2.75, 3.05) is 19.0 Å². The average Bonchev–Trinajstić information content (AvgIpc) is 2.55. The second kappa shape index (κ2) is 7.64.